The summed E-state index contributed by atoms with van der Waals surface area (Å²) < 4.78 is 5.60. The first-order chi connectivity index (χ1) is 7.00. The summed E-state index contributed by atoms with van der Waals surface area (Å²) in [5.41, 5.74) is 10.6. The lowest BCUT2D eigenvalue weighted by atomic mass is 9.80. The third kappa shape index (κ3) is 3.80. The first-order valence-electron chi connectivity index (χ1n) is 5.67. The highest BCUT2D eigenvalue weighted by Crippen LogP contribution is 2.30. The number of hydrogen-bond donors (Lipinski definition) is 2. The Balaban J connectivity index is 2.25. The molecule has 0 aromatic rings. The Morgan fingerprint density at radius 3 is 2.60 bits per heavy atom. The van der Waals surface area contributed by atoms with Crippen molar-refractivity contribution >= 4 is 5.91 Å². The van der Waals surface area contributed by atoms with E-state index in [4.69, 9.17) is 16.2 Å². The first-order valence-corrected chi connectivity index (χ1v) is 5.67. The van der Waals surface area contributed by atoms with Crippen molar-refractivity contribution in [1.29, 1.82) is 0 Å². The van der Waals surface area contributed by atoms with Gasteiger partial charge in [-0.2, -0.15) is 0 Å². The molecule has 0 aliphatic heterocycles. The summed E-state index contributed by atoms with van der Waals surface area (Å²) in [6.07, 6.45) is 3.57. The molecule has 1 aliphatic carbocycles. The number of primary amides is 1. The highest BCUT2D eigenvalue weighted by atomic mass is 16.5. The predicted molar refractivity (Wildman–Crippen MR) is 59.1 cm³/mol. The van der Waals surface area contributed by atoms with Gasteiger partial charge in [0.2, 0.25) is 5.91 Å². The summed E-state index contributed by atoms with van der Waals surface area (Å²) >= 11 is 0. The Kier molecular flexibility index (Phi) is 4.54. The molecular weight excluding hydrogens is 192 g/mol. The van der Waals surface area contributed by atoms with E-state index >= 15 is 0 Å². The Hall–Kier alpha value is -0.610. The van der Waals surface area contributed by atoms with Crippen molar-refractivity contribution in [2.45, 2.75) is 45.3 Å². The van der Waals surface area contributed by atoms with Crippen molar-refractivity contribution in [3.05, 3.63) is 0 Å². The second kappa shape index (κ2) is 5.47. The van der Waals surface area contributed by atoms with Gasteiger partial charge in [0.25, 0.3) is 0 Å². The van der Waals surface area contributed by atoms with Crippen molar-refractivity contribution in [2.75, 3.05) is 6.61 Å². The van der Waals surface area contributed by atoms with E-state index in [2.05, 4.69) is 13.8 Å². The van der Waals surface area contributed by atoms with Crippen LogP contribution in [0.5, 0.6) is 0 Å². The average molecular weight is 214 g/mol. The maximum absolute atomic E-state index is 10.7. The maximum atomic E-state index is 10.7. The molecule has 0 heterocycles. The lowest BCUT2D eigenvalue weighted by Crippen LogP contribution is -2.41. The molecule has 1 rings (SSSR count). The van der Waals surface area contributed by atoms with Crippen LogP contribution in [-0.4, -0.2) is 24.7 Å². The SMILES string of the molecule is CC1CCC(OCC(N)C(N)=O)CC1C. The molecule has 4 atom stereocenters. The van der Waals surface area contributed by atoms with Gasteiger partial charge in [-0.3, -0.25) is 4.79 Å². The molecular formula is C11H22N2O2. The van der Waals surface area contributed by atoms with Crippen LogP contribution in [0.25, 0.3) is 0 Å². The van der Waals surface area contributed by atoms with Gasteiger partial charge in [-0.15, -0.1) is 0 Å². The van der Waals surface area contributed by atoms with Crippen LogP contribution in [0.4, 0.5) is 0 Å². The molecule has 0 aromatic carbocycles. The number of carbonyl (C=O) groups excluding carboxylic acids is 1. The molecule has 4 N–H and O–H groups in total. The van der Waals surface area contributed by atoms with Crippen molar-refractivity contribution < 1.29 is 9.53 Å². The number of ether oxygens (including phenoxy) is 1. The quantitative estimate of drug-likeness (QED) is 0.721. The molecule has 1 amide bonds. The zero-order chi connectivity index (χ0) is 11.4. The molecule has 0 spiro atoms. The summed E-state index contributed by atoms with van der Waals surface area (Å²) in [7, 11) is 0. The fourth-order valence-corrected chi connectivity index (χ4v) is 1.97. The number of amides is 1. The molecule has 1 saturated carbocycles. The lowest BCUT2D eigenvalue weighted by molar-refractivity contribution is -0.121. The van der Waals surface area contributed by atoms with E-state index in [0.717, 1.165) is 18.8 Å². The van der Waals surface area contributed by atoms with Crippen molar-refractivity contribution in [3.63, 3.8) is 0 Å². The lowest BCUT2D eigenvalue weighted by Gasteiger charge is -2.32. The van der Waals surface area contributed by atoms with Gasteiger partial charge in [-0.1, -0.05) is 13.8 Å². The summed E-state index contributed by atoms with van der Waals surface area (Å²) in [6, 6.07) is -0.667. The topological polar surface area (TPSA) is 78.3 Å². The molecule has 4 nitrogen and oxygen atoms in total. The summed E-state index contributed by atoms with van der Waals surface area (Å²) in [4.78, 5) is 10.7. The van der Waals surface area contributed by atoms with E-state index in [-0.39, 0.29) is 12.7 Å². The minimum Gasteiger partial charge on any atom is -0.376 e. The largest absolute Gasteiger partial charge is 0.376 e. The van der Waals surface area contributed by atoms with Crippen LogP contribution in [0.3, 0.4) is 0 Å². The van der Waals surface area contributed by atoms with Crippen molar-refractivity contribution in [3.8, 4) is 0 Å². The fourth-order valence-electron chi connectivity index (χ4n) is 1.97. The van der Waals surface area contributed by atoms with Crippen LogP contribution in [0.1, 0.15) is 33.1 Å². The molecule has 1 fully saturated rings. The average Bonchev–Trinajstić information content (AvgIpc) is 2.19. The zero-order valence-corrected chi connectivity index (χ0v) is 9.61. The van der Waals surface area contributed by atoms with E-state index in [0.29, 0.717) is 5.92 Å². The van der Waals surface area contributed by atoms with Gasteiger partial charge in [0.05, 0.1) is 12.7 Å². The van der Waals surface area contributed by atoms with Gasteiger partial charge in [-0.05, 0) is 31.1 Å². The monoisotopic (exact) mass is 214 g/mol. The number of rotatable bonds is 4. The van der Waals surface area contributed by atoms with Crippen molar-refractivity contribution in [1.82, 2.24) is 0 Å². The number of nitrogens with two attached hydrogens (primary N) is 2. The van der Waals surface area contributed by atoms with Gasteiger partial charge < -0.3 is 16.2 Å². The van der Waals surface area contributed by atoms with Crippen LogP contribution in [0.2, 0.25) is 0 Å². The molecule has 88 valence electrons. The summed E-state index contributed by atoms with van der Waals surface area (Å²) in [5, 5.41) is 0. The zero-order valence-electron chi connectivity index (χ0n) is 9.61. The number of hydrogen-bond acceptors (Lipinski definition) is 3. The van der Waals surface area contributed by atoms with Crippen LogP contribution in [0, 0.1) is 11.8 Å². The number of carbonyl (C=O) groups is 1. The normalized spacial score (nSPS) is 33.7. The fraction of sp³-hybridized carbons (Fsp3) is 0.909. The summed E-state index contributed by atoms with van der Waals surface area (Å²) in [5.74, 6) is 0.968. The highest BCUT2D eigenvalue weighted by Gasteiger charge is 2.25. The smallest absolute Gasteiger partial charge is 0.236 e. The Morgan fingerprint density at radius 2 is 2.07 bits per heavy atom. The Labute approximate surface area is 91.3 Å². The molecule has 4 unspecified atom stereocenters. The molecule has 15 heavy (non-hydrogen) atoms. The third-order valence-electron chi connectivity index (χ3n) is 3.43. The highest BCUT2D eigenvalue weighted by molar-refractivity contribution is 5.79. The van der Waals surface area contributed by atoms with Crippen LogP contribution < -0.4 is 11.5 Å². The minimum atomic E-state index is -0.667. The maximum Gasteiger partial charge on any atom is 0.236 e. The van der Waals surface area contributed by atoms with E-state index in [1.807, 2.05) is 0 Å². The van der Waals surface area contributed by atoms with Crippen molar-refractivity contribution in [2.24, 2.45) is 23.3 Å². The molecule has 1 aliphatic rings. The van der Waals surface area contributed by atoms with Crippen LogP contribution >= 0.6 is 0 Å². The van der Waals surface area contributed by atoms with Gasteiger partial charge in [-0.25, -0.2) is 0 Å². The molecule has 0 aromatic heterocycles. The van der Waals surface area contributed by atoms with E-state index in [1.165, 1.54) is 6.42 Å². The van der Waals surface area contributed by atoms with Gasteiger partial charge in [0.1, 0.15) is 6.04 Å². The Bertz CT molecular complexity index is 221. The second-order valence-corrected chi connectivity index (χ2v) is 4.73. The molecule has 4 heteroatoms. The standard InChI is InChI=1S/C11H22N2O2/c1-7-3-4-9(5-8(7)2)15-6-10(12)11(13)14/h7-10H,3-6,12H2,1-2H3,(H2,13,14). The molecule has 0 saturated heterocycles. The molecule has 0 bridgehead atoms. The van der Waals surface area contributed by atoms with Gasteiger partial charge in [0, 0.05) is 0 Å². The summed E-state index contributed by atoms with van der Waals surface area (Å²) in [6.45, 7) is 4.77. The van der Waals surface area contributed by atoms with E-state index in [1.54, 1.807) is 0 Å². The van der Waals surface area contributed by atoms with E-state index < -0.39 is 11.9 Å². The Morgan fingerprint density at radius 1 is 1.40 bits per heavy atom. The minimum absolute atomic E-state index is 0.251. The van der Waals surface area contributed by atoms with Crippen LogP contribution in [0.15, 0.2) is 0 Å². The third-order valence-corrected chi connectivity index (χ3v) is 3.43. The molecule has 0 radical (unpaired) electrons. The van der Waals surface area contributed by atoms with Gasteiger partial charge >= 0.3 is 0 Å². The second-order valence-electron chi connectivity index (χ2n) is 4.73. The van der Waals surface area contributed by atoms with E-state index in [9.17, 15) is 4.79 Å². The first kappa shape index (κ1) is 12.5. The predicted octanol–water partition coefficient (Wildman–Crippen LogP) is 0.640. The van der Waals surface area contributed by atoms with Crippen LogP contribution in [-0.2, 0) is 9.53 Å². The van der Waals surface area contributed by atoms with Gasteiger partial charge in [0.15, 0.2) is 0 Å².